The monoisotopic (exact) mass is 352 g/mol. The van der Waals surface area contributed by atoms with Gasteiger partial charge in [0.1, 0.15) is 11.4 Å². The zero-order valence-electron chi connectivity index (χ0n) is 14.7. The Morgan fingerprint density at radius 2 is 1.77 bits per heavy atom. The van der Waals surface area contributed by atoms with E-state index in [-0.39, 0.29) is 18.8 Å². The molecule has 0 aliphatic carbocycles. The predicted molar refractivity (Wildman–Crippen MR) is 98.6 cm³/mol. The van der Waals surface area contributed by atoms with Gasteiger partial charge in [-0.15, -0.1) is 0 Å². The molecule has 1 heterocycles. The van der Waals surface area contributed by atoms with Crippen LogP contribution in [0.1, 0.15) is 5.56 Å². The van der Waals surface area contributed by atoms with E-state index in [1.807, 2.05) is 18.2 Å². The third kappa shape index (κ3) is 3.07. The van der Waals surface area contributed by atoms with Gasteiger partial charge in [-0.25, -0.2) is 4.90 Å². The maximum Gasteiger partial charge on any atom is 0.282 e. The van der Waals surface area contributed by atoms with Gasteiger partial charge in [0.2, 0.25) is 0 Å². The first-order valence-electron chi connectivity index (χ1n) is 8.23. The van der Waals surface area contributed by atoms with Crippen LogP contribution in [0, 0.1) is 0 Å². The molecule has 2 aromatic rings. The van der Waals surface area contributed by atoms with Crippen molar-refractivity contribution in [2.24, 2.45) is 0 Å². The van der Waals surface area contributed by atoms with Gasteiger partial charge in [0.15, 0.2) is 0 Å². The van der Waals surface area contributed by atoms with E-state index >= 15 is 0 Å². The van der Waals surface area contributed by atoms with E-state index in [0.717, 1.165) is 4.90 Å². The molecule has 0 unspecified atom stereocenters. The number of hydrogen-bond acceptors (Lipinski definition) is 5. The second kappa shape index (κ2) is 7.41. The second-order valence-electron chi connectivity index (χ2n) is 5.88. The number of nitrogens with zero attached hydrogens (tertiary/aromatic N) is 2. The number of carbonyl (C=O) groups is 2. The van der Waals surface area contributed by atoms with Gasteiger partial charge in [-0.3, -0.25) is 9.59 Å². The SMILES string of the molecule is COc1cccc(N2C(=O)C(c3ccccc3)=C(N(C)CCO)C2=O)c1. The van der Waals surface area contributed by atoms with Crippen molar-refractivity contribution in [1.82, 2.24) is 4.90 Å². The number of aliphatic hydroxyl groups is 1. The fraction of sp³-hybridized carbons (Fsp3) is 0.200. The number of imide groups is 1. The fourth-order valence-electron chi connectivity index (χ4n) is 2.98. The van der Waals surface area contributed by atoms with Gasteiger partial charge in [-0.1, -0.05) is 36.4 Å². The van der Waals surface area contributed by atoms with Gasteiger partial charge in [0, 0.05) is 19.7 Å². The maximum absolute atomic E-state index is 13.2. The zero-order valence-corrected chi connectivity index (χ0v) is 14.7. The highest BCUT2D eigenvalue weighted by atomic mass is 16.5. The number of likely N-dealkylation sites (N-methyl/N-ethyl adjacent to an activating group) is 1. The van der Waals surface area contributed by atoms with Crippen molar-refractivity contribution in [1.29, 1.82) is 0 Å². The summed E-state index contributed by atoms with van der Waals surface area (Å²) in [5.74, 6) is -0.256. The average molecular weight is 352 g/mol. The highest BCUT2D eigenvalue weighted by Gasteiger charge is 2.41. The topological polar surface area (TPSA) is 70.1 Å². The van der Waals surface area contributed by atoms with Crippen molar-refractivity contribution in [2.45, 2.75) is 0 Å². The summed E-state index contributed by atoms with van der Waals surface area (Å²) in [6.07, 6.45) is 0. The molecule has 0 atom stereocenters. The minimum Gasteiger partial charge on any atom is -0.497 e. The number of amides is 2. The van der Waals surface area contributed by atoms with Crippen LogP contribution in [0.3, 0.4) is 0 Å². The third-order valence-corrected chi connectivity index (χ3v) is 4.25. The lowest BCUT2D eigenvalue weighted by Gasteiger charge is -2.20. The quantitative estimate of drug-likeness (QED) is 0.804. The molecular weight excluding hydrogens is 332 g/mol. The van der Waals surface area contributed by atoms with Crippen LogP contribution in [-0.4, -0.2) is 49.1 Å². The molecule has 0 saturated carbocycles. The minimum absolute atomic E-state index is 0.122. The number of ether oxygens (including phenoxy) is 1. The van der Waals surface area contributed by atoms with Crippen LogP contribution >= 0.6 is 0 Å². The zero-order chi connectivity index (χ0) is 18.7. The normalized spacial score (nSPS) is 14.2. The summed E-state index contributed by atoms with van der Waals surface area (Å²) in [7, 11) is 3.22. The predicted octanol–water partition coefficient (Wildman–Crippen LogP) is 1.90. The van der Waals surface area contributed by atoms with Gasteiger partial charge >= 0.3 is 0 Å². The van der Waals surface area contributed by atoms with Crippen LogP contribution in [0.4, 0.5) is 5.69 Å². The highest BCUT2D eigenvalue weighted by Crippen LogP contribution is 2.35. The van der Waals surface area contributed by atoms with E-state index in [2.05, 4.69) is 0 Å². The van der Waals surface area contributed by atoms with Gasteiger partial charge in [0.25, 0.3) is 11.8 Å². The number of carbonyl (C=O) groups excluding carboxylic acids is 2. The molecule has 26 heavy (non-hydrogen) atoms. The van der Waals surface area contributed by atoms with Crippen LogP contribution in [0.5, 0.6) is 5.75 Å². The summed E-state index contributed by atoms with van der Waals surface area (Å²) in [6.45, 7) is 0.124. The Morgan fingerprint density at radius 3 is 2.42 bits per heavy atom. The number of rotatable bonds is 6. The van der Waals surface area contributed by atoms with Gasteiger partial charge < -0.3 is 14.7 Å². The maximum atomic E-state index is 13.2. The molecule has 0 saturated heterocycles. The first-order chi connectivity index (χ1) is 12.6. The van der Waals surface area contributed by atoms with Crippen LogP contribution in [-0.2, 0) is 9.59 Å². The van der Waals surface area contributed by atoms with E-state index in [1.54, 1.807) is 48.3 Å². The Morgan fingerprint density at radius 1 is 1.04 bits per heavy atom. The van der Waals surface area contributed by atoms with Crippen molar-refractivity contribution < 1.29 is 19.4 Å². The summed E-state index contributed by atoms with van der Waals surface area (Å²) in [5, 5.41) is 9.27. The van der Waals surface area contributed by atoms with Gasteiger partial charge in [-0.05, 0) is 17.7 Å². The van der Waals surface area contributed by atoms with Crippen LogP contribution in [0.2, 0.25) is 0 Å². The van der Waals surface area contributed by atoms with Crippen molar-refractivity contribution in [3.05, 3.63) is 65.9 Å². The van der Waals surface area contributed by atoms with Crippen molar-refractivity contribution in [2.75, 3.05) is 32.2 Å². The summed E-state index contributed by atoms with van der Waals surface area (Å²) in [4.78, 5) is 29.0. The van der Waals surface area contributed by atoms with Gasteiger partial charge in [-0.2, -0.15) is 0 Å². The molecule has 3 rings (SSSR count). The average Bonchev–Trinajstić information content (AvgIpc) is 2.93. The largest absolute Gasteiger partial charge is 0.497 e. The van der Waals surface area contributed by atoms with Crippen molar-refractivity contribution in [3.8, 4) is 5.75 Å². The van der Waals surface area contributed by atoms with E-state index < -0.39 is 11.8 Å². The van der Waals surface area contributed by atoms with Crippen molar-refractivity contribution >= 4 is 23.1 Å². The summed E-state index contributed by atoms with van der Waals surface area (Å²) < 4.78 is 5.20. The molecule has 0 aromatic heterocycles. The molecule has 134 valence electrons. The Labute approximate surface area is 151 Å². The molecule has 1 aliphatic heterocycles. The van der Waals surface area contributed by atoms with Crippen LogP contribution in [0.25, 0.3) is 5.57 Å². The Balaban J connectivity index is 2.11. The minimum atomic E-state index is -0.418. The fourth-order valence-corrected chi connectivity index (χ4v) is 2.98. The standard InChI is InChI=1S/C20H20N2O4/c1-21(11-12-23)18-17(14-7-4-3-5-8-14)19(24)22(20(18)25)15-9-6-10-16(13-15)26-2/h3-10,13,23H,11-12H2,1-2H3. The molecule has 1 N–H and O–H groups in total. The molecule has 0 radical (unpaired) electrons. The van der Waals surface area contributed by atoms with E-state index in [1.165, 1.54) is 7.11 Å². The molecular formula is C20H20N2O4. The number of aliphatic hydroxyl groups excluding tert-OH is 1. The molecule has 0 spiro atoms. The smallest absolute Gasteiger partial charge is 0.282 e. The van der Waals surface area contributed by atoms with Crippen LogP contribution in [0.15, 0.2) is 60.3 Å². The number of methoxy groups -OCH3 is 1. The second-order valence-corrected chi connectivity index (χ2v) is 5.88. The van der Waals surface area contributed by atoms with E-state index in [0.29, 0.717) is 22.6 Å². The molecule has 0 bridgehead atoms. The third-order valence-electron chi connectivity index (χ3n) is 4.25. The molecule has 2 amide bonds. The molecule has 2 aromatic carbocycles. The van der Waals surface area contributed by atoms with Crippen LogP contribution < -0.4 is 9.64 Å². The summed E-state index contributed by atoms with van der Waals surface area (Å²) in [6, 6.07) is 15.9. The highest BCUT2D eigenvalue weighted by molar-refractivity contribution is 6.45. The van der Waals surface area contributed by atoms with E-state index in [4.69, 9.17) is 4.74 Å². The Hall–Kier alpha value is -3.12. The number of anilines is 1. The Bertz CT molecular complexity index is 861. The van der Waals surface area contributed by atoms with E-state index in [9.17, 15) is 14.7 Å². The first kappa shape index (κ1) is 17.7. The summed E-state index contributed by atoms with van der Waals surface area (Å²) >= 11 is 0. The number of hydrogen-bond donors (Lipinski definition) is 1. The molecule has 1 aliphatic rings. The summed E-state index contributed by atoms with van der Waals surface area (Å²) in [5.41, 5.74) is 1.71. The molecule has 0 fully saturated rings. The Kier molecular flexibility index (Phi) is 5.04. The number of benzene rings is 2. The first-order valence-corrected chi connectivity index (χ1v) is 8.23. The lowest BCUT2D eigenvalue weighted by Crippen LogP contribution is -2.34. The molecule has 6 heteroatoms. The van der Waals surface area contributed by atoms with Gasteiger partial charge in [0.05, 0.1) is 25.0 Å². The molecule has 6 nitrogen and oxygen atoms in total. The lowest BCUT2D eigenvalue weighted by molar-refractivity contribution is -0.120. The lowest BCUT2D eigenvalue weighted by atomic mass is 10.0. The van der Waals surface area contributed by atoms with Crippen molar-refractivity contribution in [3.63, 3.8) is 0 Å².